The Morgan fingerprint density at radius 3 is 2.88 bits per heavy atom. The van der Waals surface area contributed by atoms with Crippen LogP contribution in [0.2, 0.25) is 0 Å². The second-order valence-corrected chi connectivity index (χ2v) is 3.56. The quantitative estimate of drug-likeness (QED) is 0.859. The molecule has 0 spiro atoms. The molecule has 84 valence electrons. The van der Waals surface area contributed by atoms with Crippen LogP contribution in [0.15, 0.2) is 30.6 Å². The minimum absolute atomic E-state index is 0.274. The van der Waals surface area contributed by atoms with E-state index >= 15 is 0 Å². The van der Waals surface area contributed by atoms with E-state index in [1.807, 2.05) is 23.8 Å². The molecule has 2 N–H and O–H groups in total. The van der Waals surface area contributed by atoms with Gasteiger partial charge in [0, 0.05) is 25.5 Å². The molecule has 4 heteroatoms. The number of nitrogens with two attached hydrogens (primary N) is 1. The van der Waals surface area contributed by atoms with Crippen LogP contribution >= 0.6 is 0 Å². The molecule has 0 saturated carbocycles. The van der Waals surface area contributed by atoms with Crippen LogP contribution in [-0.2, 0) is 13.1 Å². The maximum absolute atomic E-state index is 13.8. The van der Waals surface area contributed by atoms with E-state index in [1.165, 1.54) is 6.07 Å². The summed E-state index contributed by atoms with van der Waals surface area (Å²) in [4.78, 5) is 4.17. The SMILES string of the molecule is CCn1ccnc1-c1ccc(CN)cc1F. The zero-order valence-electron chi connectivity index (χ0n) is 9.15. The summed E-state index contributed by atoms with van der Waals surface area (Å²) in [5.41, 5.74) is 6.76. The fourth-order valence-corrected chi connectivity index (χ4v) is 1.68. The Balaban J connectivity index is 2.48. The molecular formula is C12H14FN3. The van der Waals surface area contributed by atoms with Gasteiger partial charge < -0.3 is 10.3 Å². The van der Waals surface area contributed by atoms with E-state index in [4.69, 9.17) is 5.73 Å². The van der Waals surface area contributed by atoms with Crippen LogP contribution in [0, 0.1) is 5.82 Å². The summed E-state index contributed by atoms with van der Waals surface area (Å²) in [6.07, 6.45) is 3.51. The Morgan fingerprint density at radius 2 is 2.25 bits per heavy atom. The molecule has 0 fully saturated rings. The highest BCUT2D eigenvalue weighted by Gasteiger charge is 2.10. The van der Waals surface area contributed by atoms with Crippen molar-refractivity contribution in [3.8, 4) is 11.4 Å². The van der Waals surface area contributed by atoms with Crippen molar-refractivity contribution in [1.82, 2.24) is 9.55 Å². The van der Waals surface area contributed by atoms with Crippen LogP contribution < -0.4 is 5.73 Å². The summed E-state index contributed by atoms with van der Waals surface area (Å²) in [7, 11) is 0. The molecular weight excluding hydrogens is 205 g/mol. The number of imidazole rings is 1. The van der Waals surface area contributed by atoms with Crippen molar-refractivity contribution >= 4 is 0 Å². The topological polar surface area (TPSA) is 43.8 Å². The lowest BCUT2D eigenvalue weighted by Crippen LogP contribution is -2.00. The Labute approximate surface area is 93.7 Å². The average molecular weight is 219 g/mol. The van der Waals surface area contributed by atoms with E-state index in [2.05, 4.69) is 4.98 Å². The van der Waals surface area contributed by atoms with Crippen LogP contribution in [0.25, 0.3) is 11.4 Å². The third-order valence-electron chi connectivity index (χ3n) is 2.57. The predicted molar refractivity (Wildman–Crippen MR) is 61.2 cm³/mol. The molecule has 2 rings (SSSR count). The van der Waals surface area contributed by atoms with Crippen molar-refractivity contribution < 1.29 is 4.39 Å². The van der Waals surface area contributed by atoms with Crippen molar-refractivity contribution in [2.45, 2.75) is 20.0 Å². The molecule has 2 aromatic rings. The monoisotopic (exact) mass is 219 g/mol. The van der Waals surface area contributed by atoms with Gasteiger partial charge >= 0.3 is 0 Å². The van der Waals surface area contributed by atoms with Gasteiger partial charge in [-0.2, -0.15) is 0 Å². The van der Waals surface area contributed by atoms with Crippen LogP contribution in [0.3, 0.4) is 0 Å². The minimum atomic E-state index is -0.274. The first kappa shape index (κ1) is 10.8. The van der Waals surface area contributed by atoms with Crippen LogP contribution in [0.1, 0.15) is 12.5 Å². The fourth-order valence-electron chi connectivity index (χ4n) is 1.68. The molecule has 0 saturated heterocycles. The summed E-state index contributed by atoms with van der Waals surface area (Å²) < 4.78 is 15.7. The molecule has 0 aliphatic carbocycles. The van der Waals surface area contributed by atoms with Gasteiger partial charge in [0.25, 0.3) is 0 Å². The second kappa shape index (κ2) is 4.45. The van der Waals surface area contributed by atoms with Crippen molar-refractivity contribution in [2.24, 2.45) is 5.73 Å². The Kier molecular flexibility index (Phi) is 3.01. The summed E-state index contributed by atoms with van der Waals surface area (Å²) in [5, 5.41) is 0. The zero-order chi connectivity index (χ0) is 11.5. The van der Waals surface area contributed by atoms with Crippen LogP contribution in [0.4, 0.5) is 4.39 Å². The highest BCUT2D eigenvalue weighted by molar-refractivity contribution is 5.57. The maximum Gasteiger partial charge on any atom is 0.142 e. The Morgan fingerprint density at radius 1 is 1.44 bits per heavy atom. The number of aromatic nitrogens is 2. The summed E-state index contributed by atoms with van der Waals surface area (Å²) in [5.74, 6) is 0.382. The van der Waals surface area contributed by atoms with Crippen LogP contribution in [0.5, 0.6) is 0 Å². The molecule has 0 radical (unpaired) electrons. The smallest absolute Gasteiger partial charge is 0.142 e. The fraction of sp³-hybridized carbons (Fsp3) is 0.250. The maximum atomic E-state index is 13.8. The summed E-state index contributed by atoms with van der Waals surface area (Å²) in [6, 6.07) is 5.02. The highest BCUT2D eigenvalue weighted by Crippen LogP contribution is 2.22. The lowest BCUT2D eigenvalue weighted by atomic mass is 10.1. The molecule has 1 aromatic carbocycles. The standard InChI is InChI=1S/C12H14FN3/c1-2-16-6-5-15-12(16)10-4-3-9(8-14)7-11(10)13/h3-7H,2,8,14H2,1H3. The normalized spacial score (nSPS) is 10.7. The molecule has 0 aliphatic rings. The number of rotatable bonds is 3. The first-order chi connectivity index (χ1) is 7.76. The van der Waals surface area contributed by atoms with E-state index in [0.29, 0.717) is 17.9 Å². The molecule has 0 bridgehead atoms. The third-order valence-corrected chi connectivity index (χ3v) is 2.57. The average Bonchev–Trinajstić information content (AvgIpc) is 2.76. The van der Waals surface area contributed by atoms with Crippen molar-refractivity contribution in [1.29, 1.82) is 0 Å². The largest absolute Gasteiger partial charge is 0.331 e. The second-order valence-electron chi connectivity index (χ2n) is 3.56. The van der Waals surface area contributed by atoms with E-state index in [1.54, 1.807) is 12.3 Å². The van der Waals surface area contributed by atoms with Gasteiger partial charge in [0.15, 0.2) is 0 Å². The molecule has 3 nitrogen and oxygen atoms in total. The van der Waals surface area contributed by atoms with Crippen molar-refractivity contribution in [2.75, 3.05) is 0 Å². The number of aryl methyl sites for hydroxylation is 1. The summed E-state index contributed by atoms with van der Waals surface area (Å²) >= 11 is 0. The van der Waals surface area contributed by atoms with E-state index < -0.39 is 0 Å². The predicted octanol–water partition coefficient (Wildman–Crippen LogP) is 2.17. The van der Waals surface area contributed by atoms with Gasteiger partial charge in [-0.3, -0.25) is 0 Å². The highest BCUT2D eigenvalue weighted by atomic mass is 19.1. The third kappa shape index (κ3) is 1.84. The molecule has 0 unspecified atom stereocenters. The minimum Gasteiger partial charge on any atom is -0.331 e. The molecule has 0 atom stereocenters. The first-order valence-electron chi connectivity index (χ1n) is 5.26. The lowest BCUT2D eigenvalue weighted by Gasteiger charge is -2.07. The van der Waals surface area contributed by atoms with E-state index in [0.717, 1.165) is 12.1 Å². The molecule has 1 heterocycles. The molecule has 0 amide bonds. The van der Waals surface area contributed by atoms with E-state index in [-0.39, 0.29) is 5.82 Å². The zero-order valence-corrected chi connectivity index (χ0v) is 9.15. The van der Waals surface area contributed by atoms with E-state index in [9.17, 15) is 4.39 Å². The van der Waals surface area contributed by atoms with Crippen molar-refractivity contribution in [3.05, 3.63) is 42.0 Å². The number of hydrogen-bond donors (Lipinski definition) is 1. The van der Waals surface area contributed by atoms with Gasteiger partial charge in [-0.05, 0) is 24.6 Å². The Hall–Kier alpha value is -1.68. The molecule has 16 heavy (non-hydrogen) atoms. The molecule has 1 aromatic heterocycles. The number of nitrogens with zero attached hydrogens (tertiary/aromatic N) is 2. The van der Waals surface area contributed by atoms with Gasteiger partial charge in [0.1, 0.15) is 11.6 Å². The van der Waals surface area contributed by atoms with Crippen molar-refractivity contribution in [3.63, 3.8) is 0 Å². The van der Waals surface area contributed by atoms with Gasteiger partial charge in [0.2, 0.25) is 0 Å². The van der Waals surface area contributed by atoms with Crippen LogP contribution in [-0.4, -0.2) is 9.55 Å². The van der Waals surface area contributed by atoms with Gasteiger partial charge in [0.05, 0.1) is 5.56 Å². The summed E-state index contributed by atoms with van der Waals surface area (Å²) in [6.45, 7) is 3.12. The molecule has 0 aliphatic heterocycles. The van der Waals surface area contributed by atoms with Gasteiger partial charge in [-0.1, -0.05) is 6.07 Å². The number of benzene rings is 1. The first-order valence-corrected chi connectivity index (χ1v) is 5.26. The van der Waals surface area contributed by atoms with Gasteiger partial charge in [-0.15, -0.1) is 0 Å². The number of hydrogen-bond acceptors (Lipinski definition) is 2. The van der Waals surface area contributed by atoms with Gasteiger partial charge in [-0.25, -0.2) is 9.37 Å². The Bertz CT molecular complexity index is 491. The lowest BCUT2D eigenvalue weighted by molar-refractivity contribution is 0.625. The number of halogens is 1.